The number of esters is 1. The molecule has 1 aromatic carbocycles. The fourth-order valence-electron chi connectivity index (χ4n) is 3.77. The number of carbonyl (C=O) groups excluding carboxylic acids is 1. The highest BCUT2D eigenvalue weighted by molar-refractivity contribution is 5.75. The van der Waals surface area contributed by atoms with Crippen LogP contribution in [0.5, 0.6) is 5.75 Å². The fourth-order valence-corrected chi connectivity index (χ4v) is 3.77. The Labute approximate surface area is 177 Å². The first-order valence-electron chi connectivity index (χ1n) is 10.5. The quantitative estimate of drug-likeness (QED) is 0.221. The van der Waals surface area contributed by atoms with Crippen molar-refractivity contribution in [2.75, 3.05) is 0 Å². The van der Waals surface area contributed by atoms with Crippen LogP contribution in [0.4, 0.5) is 30.7 Å². The molecule has 1 aliphatic carbocycles. The first-order chi connectivity index (χ1) is 14.4. The Morgan fingerprint density at radius 2 is 1.55 bits per heavy atom. The fraction of sp³-hybridized carbons (Fsp3) is 0.682. The van der Waals surface area contributed by atoms with Gasteiger partial charge in [0.1, 0.15) is 5.75 Å². The molecular formula is C22H27F7O2. The Morgan fingerprint density at radius 1 is 0.968 bits per heavy atom. The highest BCUT2D eigenvalue weighted by Crippen LogP contribution is 2.48. The van der Waals surface area contributed by atoms with Gasteiger partial charge in [-0.1, -0.05) is 38.3 Å². The van der Waals surface area contributed by atoms with Gasteiger partial charge in [-0.2, -0.15) is 30.7 Å². The van der Waals surface area contributed by atoms with E-state index in [1.54, 1.807) is 0 Å². The van der Waals surface area contributed by atoms with Crippen LogP contribution in [0.3, 0.4) is 0 Å². The van der Waals surface area contributed by atoms with Crippen molar-refractivity contribution in [1.82, 2.24) is 0 Å². The van der Waals surface area contributed by atoms with Crippen LogP contribution in [0.2, 0.25) is 0 Å². The first kappa shape index (κ1) is 25.5. The zero-order valence-corrected chi connectivity index (χ0v) is 17.3. The molecule has 0 unspecified atom stereocenters. The molecule has 0 atom stereocenters. The van der Waals surface area contributed by atoms with Crippen LogP contribution in [0, 0.1) is 11.8 Å². The molecule has 1 saturated carbocycles. The van der Waals surface area contributed by atoms with Crippen LogP contribution in [-0.2, 0) is 11.2 Å². The molecule has 0 amide bonds. The minimum Gasteiger partial charge on any atom is -0.426 e. The number of hydrogen-bond acceptors (Lipinski definition) is 2. The molecule has 2 nitrogen and oxygen atoms in total. The summed E-state index contributed by atoms with van der Waals surface area (Å²) in [5.74, 6) is -11.1. The zero-order valence-electron chi connectivity index (χ0n) is 17.3. The molecule has 9 heteroatoms. The van der Waals surface area contributed by atoms with Crippen LogP contribution in [0.15, 0.2) is 24.3 Å². The third kappa shape index (κ3) is 6.59. The molecule has 0 aromatic heterocycles. The molecule has 1 aromatic rings. The van der Waals surface area contributed by atoms with E-state index in [-0.39, 0.29) is 23.2 Å². The lowest BCUT2D eigenvalue weighted by molar-refractivity contribution is -0.355. The number of unbranched alkanes of at least 4 members (excludes halogenated alkanes) is 1. The van der Waals surface area contributed by atoms with E-state index < -0.39 is 30.9 Å². The van der Waals surface area contributed by atoms with Gasteiger partial charge in [-0.25, -0.2) is 0 Å². The second-order valence-electron chi connectivity index (χ2n) is 8.20. The highest BCUT2D eigenvalue weighted by Gasteiger charge is 2.72. The van der Waals surface area contributed by atoms with Crippen molar-refractivity contribution in [2.45, 2.75) is 82.7 Å². The summed E-state index contributed by atoms with van der Waals surface area (Å²) in [6.07, 6.45) is -1.79. The summed E-state index contributed by atoms with van der Waals surface area (Å²) in [6.45, 7) is 2.14. The largest absolute Gasteiger partial charge is 0.459 e. The van der Waals surface area contributed by atoms with Gasteiger partial charge in [0.15, 0.2) is 0 Å². The standard InChI is InChI=1S/C22H27F7O2/c1-2-3-4-15-5-9-17(10-6-15)19(30)31-18-11-7-16(8-12-18)13-14-20(23,24)21(25,26)22(27,28)29/h7-8,11-12,15,17H,2-6,9-10,13-14H2,1H3. The molecule has 0 radical (unpaired) electrons. The van der Waals surface area contributed by atoms with Gasteiger partial charge in [-0.05, 0) is 55.7 Å². The Balaban J connectivity index is 1.85. The molecule has 31 heavy (non-hydrogen) atoms. The van der Waals surface area contributed by atoms with E-state index in [1.807, 2.05) is 0 Å². The maximum absolute atomic E-state index is 13.4. The van der Waals surface area contributed by atoms with E-state index in [1.165, 1.54) is 30.7 Å². The van der Waals surface area contributed by atoms with Crippen molar-refractivity contribution in [3.8, 4) is 5.75 Å². The topological polar surface area (TPSA) is 26.3 Å². The minimum absolute atomic E-state index is 0.133. The predicted octanol–water partition coefficient (Wildman–Crippen LogP) is 7.35. The number of halogens is 7. The van der Waals surface area contributed by atoms with Crippen LogP contribution < -0.4 is 4.74 Å². The van der Waals surface area contributed by atoms with Gasteiger partial charge in [-0.15, -0.1) is 0 Å². The average molecular weight is 456 g/mol. The minimum atomic E-state index is -6.33. The van der Waals surface area contributed by atoms with E-state index >= 15 is 0 Å². The second kappa shape index (κ2) is 10.2. The van der Waals surface area contributed by atoms with Gasteiger partial charge < -0.3 is 4.74 Å². The van der Waals surface area contributed by atoms with Gasteiger partial charge >= 0.3 is 24.0 Å². The Hall–Kier alpha value is -1.80. The van der Waals surface area contributed by atoms with Crippen molar-refractivity contribution < 1.29 is 40.3 Å². The Morgan fingerprint density at radius 3 is 2.06 bits per heavy atom. The van der Waals surface area contributed by atoms with Crippen molar-refractivity contribution in [1.29, 1.82) is 0 Å². The van der Waals surface area contributed by atoms with E-state index in [9.17, 15) is 35.5 Å². The van der Waals surface area contributed by atoms with Crippen molar-refractivity contribution in [2.24, 2.45) is 11.8 Å². The normalized spacial score (nSPS) is 20.5. The molecule has 0 N–H and O–H groups in total. The van der Waals surface area contributed by atoms with Crippen LogP contribution in [-0.4, -0.2) is 24.0 Å². The molecule has 0 saturated heterocycles. The summed E-state index contributed by atoms with van der Waals surface area (Å²) in [7, 11) is 0. The number of alkyl halides is 7. The predicted molar refractivity (Wildman–Crippen MR) is 101 cm³/mol. The summed E-state index contributed by atoms with van der Waals surface area (Å²) in [4.78, 5) is 12.3. The molecule has 0 heterocycles. The maximum Gasteiger partial charge on any atom is 0.459 e. The molecule has 0 aliphatic heterocycles. The lowest BCUT2D eigenvalue weighted by Crippen LogP contribution is -2.52. The van der Waals surface area contributed by atoms with Crippen molar-refractivity contribution in [3.05, 3.63) is 29.8 Å². The lowest BCUT2D eigenvalue weighted by Gasteiger charge is -2.28. The highest BCUT2D eigenvalue weighted by atomic mass is 19.4. The summed E-state index contributed by atoms with van der Waals surface area (Å²) < 4.78 is 94.5. The lowest BCUT2D eigenvalue weighted by atomic mass is 9.80. The van der Waals surface area contributed by atoms with Gasteiger partial charge in [0.05, 0.1) is 5.92 Å². The van der Waals surface area contributed by atoms with Gasteiger partial charge in [0.2, 0.25) is 0 Å². The summed E-state index contributed by atoms with van der Waals surface area (Å²) in [6, 6.07) is 5.18. The molecular weight excluding hydrogens is 429 g/mol. The SMILES string of the molecule is CCCCC1CCC(C(=O)Oc2ccc(CCC(F)(F)C(F)(F)C(F)(F)F)cc2)CC1. The maximum atomic E-state index is 13.4. The molecule has 0 spiro atoms. The first-order valence-corrected chi connectivity index (χ1v) is 10.5. The number of carbonyl (C=O) groups is 1. The van der Waals surface area contributed by atoms with Crippen LogP contribution in [0.1, 0.15) is 63.9 Å². The van der Waals surface area contributed by atoms with E-state index in [0.29, 0.717) is 5.92 Å². The van der Waals surface area contributed by atoms with Crippen molar-refractivity contribution >= 4 is 5.97 Å². The van der Waals surface area contributed by atoms with Crippen molar-refractivity contribution in [3.63, 3.8) is 0 Å². The molecule has 0 bridgehead atoms. The van der Waals surface area contributed by atoms with E-state index in [0.717, 1.165) is 38.5 Å². The number of hydrogen-bond donors (Lipinski definition) is 0. The average Bonchev–Trinajstić information content (AvgIpc) is 2.71. The smallest absolute Gasteiger partial charge is 0.426 e. The molecule has 1 fully saturated rings. The number of ether oxygens (including phenoxy) is 1. The number of aryl methyl sites for hydroxylation is 1. The van der Waals surface area contributed by atoms with E-state index in [2.05, 4.69) is 6.92 Å². The number of benzene rings is 1. The summed E-state index contributed by atoms with van der Waals surface area (Å²) in [5, 5.41) is 0. The number of rotatable bonds is 9. The Bertz CT molecular complexity index is 706. The zero-order chi connectivity index (χ0) is 23.3. The van der Waals surface area contributed by atoms with Crippen LogP contribution >= 0.6 is 0 Å². The van der Waals surface area contributed by atoms with E-state index in [4.69, 9.17) is 4.74 Å². The Kier molecular flexibility index (Phi) is 8.39. The summed E-state index contributed by atoms with van der Waals surface area (Å²) >= 11 is 0. The third-order valence-corrected chi connectivity index (χ3v) is 5.83. The third-order valence-electron chi connectivity index (χ3n) is 5.83. The molecule has 1 aliphatic rings. The second-order valence-corrected chi connectivity index (χ2v) is 8.20. The molecule has 176 valence electrons. The van der Waals surface area contributed by atoms with Gasteiger partial charge in [-0.3, -0.25) is 4.79 Å². The van der Waals surface area contributed by atoms with Gasteiger partial charge in [0, 0.05) is 6.42 Å². The van der Waals surface area contributed by atoms with Crippen LogP contribution in [0.25, 0.3) is 0 Å². The monoisotopic (exact) mass is 456 g/mol. The van der Waals surface area contributed by atoms with Gasteiger partial charge in [0.25, 0.3) is 0 Å². The molecule has 2 rings (SSSR count). The summed E-state index contributed by atoms with van der Waals surface area (Å²) in [5.41, 5.74) is 0.133.